The number of hydrogen-bond donors (Lipinski definition) is 0. The van der Waals surface area contributed by atoms with Crippen LogP contribution in [0.5, 0.6) is 5.75 Å². The molecule has 0 amide bonds. The average Bonchev–Trinajstić information content (AvgIpc) is 2.29. The quantitative estimate of drug-likeness (QED) is 0.461. The first-order valence-corrected chi connectivity index (χ1v) is 4.73. The number of carbonyl (C=O) groups is 2. The van der Waals surface area contributed by atoms with Crippen LogP contribution in [0, 0.1) is 0 Å². The van der Waals surface area contributed by atoms with Crippen molar-refractivity contribution in [1.82, 2.24) is 0 Å². The van der Waals surface area contributed by atoms with Gasteiger partial charge in [0.1, 0.15) is 5.75 Å². The van der Waals surface area contributed by atoms with E-state index in [1.807, 2.05) is 0 Å². The molecule has 0 radical (unpaired) electrons. The molecule has 0 saturated carbocycles. The Kier molecular flexibility index (Phi) is 4.54. The first kappa shape index (κ1) is 12.3. The number of halogens is 1. The van der Waals surface area contributed by atoms with Crippen LogP contribution in [0.15, 0.2) is 36.4 Å². The van der Waals surface area contributed by atoms with Crippen LogP contribution in [0.1, 0.15) is 0 Å². The van der Waals surface area contributed by atoms with Crippen LogP contribution in [0.4, 0.5) is 0 Å². The summed E-state index contributed by atoms with van der Waals surface area (Å²) < 4.78 is 9.19. The highest BCUT2D eigenvalue weighted by Crippen LogP contribution is 2.15. The molecule has 4 nitrogen and oxygen atoms in total. The Morgan fingerprint density at radius 2 is 1.69 bits per heavy atom. The topological polar surface area (TPSA) is 52.6 Å². The van der Waals surface area contributed by atoms with Crippen LogP contribution in [0.25, 0.3) is 0 Å². The number of ether oxygens (including phenoxy) is 2. The maximum Gasteiger partial charge on any atom is 0.336 e. The number of benzene rings is 1. The third-order valence-electron chi connectivity index (χ3n) is 1.59. The summed E-state index contributed by atoms with van der Waals surface area (Å²) in [6.07, 6.45) is 1.97. The molecule has 1 aromatic carbocycles. The van der Waals surface area contributed by atoms with E-state index < -0.39 is 11.9 Å². The van der Waals surface area contributed by atoms with Crippen molar-refractivity contribution >= 4 is 23.5 Å². The molecule has 0 spiro atoms. The fourth-order valence-corrected chi connectivity index (χ4v) is 0.983. The van der Waals surface area contributed by atoms with Crippen molar-refractivity contribution in [3.8, 4) is 5.75 Å². The van der Waals surface area contributed by atoms with E-state index in [9.17, 15) is 9.59 Å². The van der Waals surface area contributed by atoms with Crippen LogP contribution < -0.4 is 4.74 Å². The van der Waals surface area contributed by atoms with Gasteiger partial charge in [-0.3, -0.25) is 0 Å². The highest BCUT2D eigenvalue weighted by Gasteiger charge is 2.01. The molecule has 0 bridgehead atoms. The zero-order valence-electron chi connectivity index (χ0n) is 8.48. The van der Waals surface area contributed by atoms with Gasteiger partial charge in [0.15, 0.2) is 0 Å². The molecule has 1 aromatic rings. The van der Waals surface area contributed by atoms with Crippen LogP contribution in [0.2, 0.25) is 5.02 Å². The minimum atomic E-state index is -0.660. The van der Waals surface area contributed by atoms with Crippen molar-refractivity contribution in [3.05, 3.63) is 41.4 Å². The van der Waals surface area contributed by atoms with Gasteiger partial charge < -0.3 is 9.47 Å². The molecular weight excluding hydrogens is 232 g/mol. The molecule has 0 atom stereocenters. The van der Waals surface area contributed by atoms with Crippen molar-refractivity contribution in [2.75, 3.05) is 7.11 Å². The first-order valence-electron chi connectivity index (χ1n) is 4.35. The number of carbonyl (C=O) groups excluding carboxylic acids is 2. The molecule has 0 fully saturated rings. The van der Waals surface area contributed by atoms with Gasteiger partial charge in [0.05, 0.1) is 7.11 Å². The standard InChI is InChI=1S/C11H9ClO4/c1-15-10(13)6-7-11(14)16-9-4-2-8(12)3-5-9/h2-7H,1H3. The van der Waals surface area contributed by atoms with Crippen molar-refractivity contribution in [1.29, 1.82) is 0 Å². The van der Waals surface area contributed by atoms with Crippen LogP contribution in [-0.4, -0.2) is 19.0 Å². The van der Waals surface area contributed by atoms with Gasteiger partial charge in [0.25, 0.3) is 0 Å². The fraction of sp³-hybridized carbons (Fsp3) is 0.0909. The summed E-state index contributed by atoms with van der Waals surface area (Å²) in [6, 6.07) is 6.28. The van der Waals surface area contributed by atoms with Gasteiger partial charge in [0, 0.05) is 17.2 Å². The van der Waals surface area contributed by atoms with Gasteiger partial charge in [0.2, 0.25) is 0 Å². The molecule has 84 valence electrons. The lowest BCUT2D eigenvalue weighted by atomic mass is 10.3. The first-order chi connectivity index (χ1) is 7.61. The van der Waals surface area contributed by atoms with E-state index in [1.165, 1.54) is 7.11 Å². The smallest absolute Gasteiger partial charge is 0.336 e. The van der Waals surface area contributed by atoms with Gasteiger partial charge in [-0.05, 0) is 24.3 Å². The molecule has 0 N–H and O–H groups in total. The molecule has 0 aliphatic carbocycles. The molecule has 0 unspecified atom stereocenters. The zero-order valence-corrected chi connectivity index (χ0v) is 9.23. The maximum absolute atomic E-state index is 11.2. The van der Waals surface area contributed by atoms with E-state index in [-0.39, 0.29) is 0 Å². The minimum Gasteiger partial charge on any atom is -0.466 e. The Hall–Kier alpha value is -1.81. The third-order valence-corrected chi connectivity index (χ3v) is 1.84. The highest BCUT2D eigenvalue weighted by molar-refractivity contribution is 6.30. The molecule has 0 aromatic heterocycles. The van der Waals surface area contributed by atoms with E-state index in [2.05, 4.69) is 4.74 Å². The lowest BCUT2D eigenvalue weighted by molar-refractivity contribution is -0.135. The summed E-state index contributed by atoms with van der Waals surface area (Å²) in [5, 5.41) is 0.546. The summed E-state index contributed by atoms with van der Waals surface area (Å²) in [7, 11) is 1.22. The van der Waals surface area contributed by atoms with Crippen molar-refractivity contribution in [2.45, 2.75) is 0 Å². The van der Waals surface area contributed by atoms with E-state index in [0.29, 0.717) is 10.8 Å². The number of hydrogen-bond acceptors (Lipinski definition) is 4. The van der Waals surface area contributed by atoms with E-state index >= 15 is 0 Å². The second-order valence-electron chi connectivity index (χ2n) is 2.73. The Balaban J connectivity index is 2.55. The highest BCUT2D eigenvalue weighted by atomic mass is 35.5. The molecule has 5 heteroatoms. The fourth-order valence-electron chi connectivity index (χ4n) is 0.857. The van der Waals surface area contributed by atoms with E-state index in [0.717, 1.165) is 12.2 Å². The number of rotatable bonds is 3. The Morgan fingerprint density at radius 1 is 1.12 bits per heavy atom. The van der Waals surface area contributed by atoms with Crippen LogP contribution in [0.3, 0.4) is 0 Å². The minimum absolute atomic E-state index is 0.351. The normalized spacial score (nSPS) is 10.1. The molecule has 0 aliphatic heterocycles. The Bertz CT molecular complexity index is 408. The molecule has 1 rings (SSSR count). The van der Waals surface area contributed by atoms with E-state index in [4.69, 9.17) is 16.3 Å². The average molecular weight is 241 g/mol. The Morgan fingerprint density at radius 3 is 2.25 bits per heavy atom. The maximum atomic E-state index is 11.2. The second-order valence-corrected chi connectivity index (χ2v) is 3.17. The summed E-state index contributed by atoms with van der Waals surface area (Å²) >= 11 is 5.65. The number of methoxy groups -OCH3 is 1. The van der Waals surface area contributed by atoms with Gasteiger partial charge in [-0.15, -0.1) is 0 Å². The summed E-state index contributed by atoms with van der Waals surface area (Å²) in [5.74, 6) is -0.926. The lowest BCUT2D eigenvalue weighted by Gasteiger charge is -2.00. The molecule has 0 saturated heterocycles. The van der Waals surface area contributed by atoms with Crippen LogP contribution >= 0.6 is 11.6 Å². The zero-order chi connectivity index (χ0) is 12.0. The van der Waals surface area contributed by atoms with Crippen molar-refractivity contribution in [3.63, 3.8) is 0 Å². The molecule has 16 heavy (non-hydrogen) atoms. The molecular formula is C11H9ClO4. The van der Waals surface area contributed by atoms with Gasteiger partial charge in [-0.2, -0.15) is 0 Å². The van der Waals surface area contributed by atoms with Gasteiger partial charge >= 0.3 is 11.9 Å². The number of esters is 2. The molecule has 0 heterocycles. The van der Waals surface area contributed by atoms with E-state index in [1.54, 1.807) is 24.3 Å². The van der Waals surface area contributed by atoms with Gasteiger partial charge in [-0.1, -0.05) is 11.6 Å². The molecule has 0 aliphatic rings. The predicted octanol–water partition coefficient (Wildman–Crippen LogP) is 1.97. The van der Waals surface area contributed by atoms with Crippen molar-refractivity contribution < 1.29 is 19.1 Å². The monoisotopic (exact) mass is 240 g/mol. The predicted molar refractivity (Wildman–Crippen MR) is 58.2 cm³/mol. The largest absolute Gasteiger partial charge is 0.466 e. The summed E-state index contributed by atoms with van der Waals surface area (Å²) in [5.41, 5.74) is 0. The third kappa shape index (κ3) is 4.14. The SMILES string of the molecule is COC(=O)C=CC(=O)Oc1ccc(Cl)cc1. The summed E-state index contributed by atoms with van der Waals surface area (Å²) in [4.78, 5) is 21.8. The van der Waals surface area contributed by atoms with Gasteiger partial charge in [-0.25, -0.2) is 9.59 Å². The lowest BCUT2D eigenvalue weighted by Crippen LogP contribution is -2.05. The Labute approximate surface area is 97.4 Å². The second kappa shape index (κ2) is 5.92. The van der Waals surface area contributed by atoms with Crippen LogP contribution in [-0.2, 0) is 14.3 Å². The van der Waals surface area contributed by atoms with Crippen molar-refractivity contribution in [2.24, 2.45) is 0 Å². The summed E-state index contributed by atoms with van der Waals surface area (Å²) in [6.45, 7) is 0.